The van der Waals surface area contributed by atoms with Crippen LogP contribution in [0.2, 0.25) is 0 Å². The van der Waals surface area contributed by atoms with Gasteiger partial charge in [-0.2, -0.15) is 0 Å². The van der Waals surface area contributed by atoms with Crippen LogP contribution in [0.25, 0.3) is 10.9 Å². The van der Waals surface area contributed by atoms with Crippen molar-refractivity contribution in [1.82, 2.24) is 20.8 Å². The first-order valence-electron chi connectivity index (χ1n) is 7.16. The minimum atomic E-state index is 0.178. The molecule has 0 amide bonds. The number of benzene rings is 1. The highest BCUT2D eigenvalue weighted by atomic mass is 15.4. The minimum Gasteiger partial charge on any atom is -0.260 e. The number of aromatic nitrogens is 2. The second kappa shape index (κ2) is 5.24. The van der Waals surface area contributed by atoms with Crippen LogP contribution in [0.5, 0.6) is 0 Å². The lowest BCUT2D eigenvalue weighted by Gasteiger charge is -2.19. The molecule has 1 saturated heterocycles. The number of rotatable bonds is 2. The van der Waals surface area contributed by atoms with E-state index in [0.717, 1.165) is 17.8 Å². The third kappa shape index (κ3) is 2.18. The number of nitrogens with zero attached hydrogens (tertiary/aromatic N) is 2. The summed E-state index contributed by atoms with van der Waals surface area (Å²) >= 11 is 0. The maximum Gasteiger partial charge on any atom is 0.0715 e. The number of hydrogen-bond donors (Lipinski definition) is 2. The Hall–Kier alpha value is -2.30. The Balaban J connectivity index is 1.81. The molecule has 1 fully saturated rings. The third-order valence-electron chi connectivity index (χ3n) is 4.07. The van der Waals surface area contributed by atoms with Crippen LogP contribution >= 0.6 is 0 Å². The smallest absolute Gasteiger partial charge is 0.0715 e. The Morgan fingerprint density at radius 1 is 0.905 bits per heavy atom. The fourth-order valence-corrected chi connectivity index (χ4v) is 3.07. The summed E-state index contributed by atoms with van der Waals surface area (Å²) < 4.78 is 0. The molecule has 4 heteroatoms. The van der Waals surface area contributed by atoms with Crippen LogP contribution < -0.4 is 10.9 Å². The number of para-hydroxylation sites is 1. The van der Waals surface area contributed by atoms with E-state index in [1.165, 1.54) is 10.9 Å². The van der Waals surface area contributed by atoms with Gasteiger partial charge >= 0.3 is 0 Å². The summed E-state index contributed by atoms with van der Waals surface area (Å²) in [6.45, 7) is 0.884. The van der Waals surface area contributed by atoms with Gasteiger partial charge in [-0.25, -0.2) is 5.43 Å². The first kappa shape index (κ1) is 12.4. The fraction of sp³-hybridized carbons (Fsp3) is 0.176. The average Bonchev–Trinajstić information content (AvgIpc) is 3.04. The molecule has 0 radical (unpaired) electrons. The van der Waals surface area contributed by atoms with E-state index in [4.69, 9.17) is 0 Å². The molecule has 3 aromatic rings. The van der Waals surface area contributed by atoms with Crippen LogP contribution in [0, 0.1) is 0 Å². The van der Waals surface area contributed by atoms with Crippen LogP contribution in [-0.2, 0) is 0 Å². The van der Waals surface area contributed by atoms with Gasteiger partial charge in [0.2, 0.25) is 0 Å². The molecule has 3 heterocycles. The Morgan fingerprint density at radius 3 is 2.71 bits per heavy atom. The van der Waals surface area contributed by atoms with Crippen molar-refractivity contribution in [2.24, 2.45) is 0 Å². The maximum absolute atomic E-state index is 4.50. The zero-order valence-electron chi connectivity index (χ0n) is 11.5. The van der Waals surface area contributed by atoms with E-state index in [-0.39, 0.29) is 6.04 Å². The highest BCUT2D eigenvalue weighted by Crippen LogP contribution is 2.35. The van der Waals surface area contributed by atoms with E-state index < -0.39 is 0 Å². The number of hydrazine groups is 1. The number of pyridine rings is 2. The molecule has 1 aliphatic heterocycles. The minimum absolute atomic E-state index is 0.178. The first-order chi connectivity index (χ1) is 10.4. The normalized spacial score (nSPS) is 21.7. The first-order valence-corrected chi connectivity index (χ1v) is 7.16. The third-order valence-corrected chi connectivity index (χ3v) is 4.07. The van der Waals surface area contributed by atoms with Crippen molar-refractivity contribution in [3.8, 4) is 0 Å². The van der Waals surface area contributed by atoms with E-state index in [1.54, 1.807) is 0 Å². The summed E-state index contributed by atoms with van der Waals surface area (Å²) in [6.07, 6.45) is 3.74. The number of nitrogens with one attached hydrogen (secondary N) is 2. The van der Waals surface area contributed by atoms with Crippen molar-refractivity contribution in [3.63, 3.8) is 0 Å². The van der Waals surface area contributed by atoms with Gasteiger partial charge in [-0.15, -0.1) is 0 Å². The lowest BCUT2D eigenvalue weighted by Crippen LogP contribution is -2.25. The molecule has 0 aliphatic carbocycles. The summed E-state index contributed by atoms with van der Waals surface area (Å²) in [4.78, 5) is 8.95. The Kier molecular flexibility index (Phi) is 3.10. The molecule has 4 rings (SSSR count). The van der Waals surface area contributed by atoms with Crippen LogP contribution in [0.4, 0.5) is 0 Å². The topological polar surface area (TPSA) is 49.8 Å². The van der Waals surface area contributed by atoms with Crippen LogP contribution in [-0.4, -0.2) is 16.5 Å². The molecule has 0 bridgehead atoms. The SMILES string of the molecule is c1ccc(C2NNCC2c2ccnc3ccccc23)nc1. The largest absolute Gasteiger partial charge is 0.260 e. The second-order valence-corrected chi connectivity index (χ2v) is 5.28. The van der Waals surface area contributed by atoms with Gasteiger partial charge < -0.3 is 0 Å². The zero-order valence-corrected chi connectivity index (χ0v) is 11.5. The van der Waals surface area contributed by atoms with Crippen molar-refractivity contribution in [2.45, 2.75) is 12.0 Å². The molecule has 0 saturated carbocycles. The summed E-state index contributed by atoms with van der Waals surface area (Å²) in [5.74, 6) is 0.341. The quantitative estimate of drug-likeness (QED) is 0.755. The molecule has 104 valence electrons. The van der Waals surface area contributed by atoms with Crippen molar-refractivity contribution in [1.29, 1.82) is 0 Å². The van der Waals surface area contributed by atoms with Gasteiger partial charge in [-0.05, 0) is 29.8 Å². The molecule has 2 atom stereocenters. The predicted octanol–water partition coefficient (Wildman–Crippen LogP) is 2.56. The molecular weight excluding hydrogens is 260 g/mol. The molecule has 2 unspecified atom stereocenters. The van der Waals surface area contributed by atoms with Gasteiger partial charge in [0.1, 0.15) is 0 Å². The molecule has 2 aromatic heterocycles. The Bertz CT molecular complexity index is 752. The van der Waals surface area contributed by atoms with Gasteiger partial charge in [-0.3, -0.25) is 15.4 Å². The monoisotopic (exact) mass is 276 g/mol. The summed E-state index contributed by atoms with van der Waals surface area (Å²) in [5, 5.41) is 1.22. The van der Waals surface area contributed by atoms with Crippen molar-refractivity contribution in [3.05, 3.63) is 72.2 Å². The zero-order chi connectivity index (χ0) is 14.1. The lowest BCUT2D eigenvalue weighted by atomic mass is 9.89. The standard InChI is InChI=1S/C17H16N4/c1-2-6-15-13(5-1)12(8-10-19-15)14-11-20-21-17(14)16-7-3-4-9-18-16/h1-10,14,17,20-21H,11H2. The van der Waals surface area contributed by atoms with Gasteiger partial charge in [0.05, 0.1) is 17.3 Å². The predicted molar refractivity (Wildman–Crippen MR) is 82.6 cm³/mol. The Morgan fingerprint density at radius 2 is 1.81 bits per heavy atom. The highest BCUT2D eigenvalue weighted by molar-refractivity contribution is 5.82. The van der Waals surface area contributed by atoms with Gasteiger partial charge in [0, 0.05) is 30.2 Å². The molecule has 2 N–H and O–H groups in total. The van der Waals surface area contributed by atoms with E-state index in [2.05, 4.69) is 51.2 Å². The lowest BCUT2D eigenvalue weighted by molar-refractivity contribution is 0.542. The van der Waals surface area contributed by atoms with Crippen molar-refractivity contribution >= 4 is 10.9 Å². The molecule has 4 nitrogen and oxygen atoms in total. The van der Waals surface area contributed by atoms with Gasteiger partial charge in [0.15, 0.2) is 0 Å². The summed E-state index contributed by atoms with van der Waals surface area (Å²) in [6, 6.07) is 16.7. The molecule has 0 spiro atoms. The maximum atomic E-state index is 4.50. The number of hydrogen-bond acceptors (Lipinski definition) is 4. The van der Waals surface area contributed by atoms with Crippen molar-refractivity contribution < 1.29 is 0 Å². The van der Waals surface area contributed by atoms with Crippen molar-refractivity contribution in [2.75, 3.05) is 6.54 Å². The Labute approximate surface area is 123 Å². The van der Waals surface area contributed by atoms with E-state index in [9.17, 15) is 0 Å². The van der Waals surface area contributed by atoms with Gasteiger partial charge in [0.25, 0.3) is 0 Å². The average molecular weight is 276 g/mol. The second-order valence-electron chi connectivity index (χ2n) is 5.28. The summed E-state index contributed by atoms with van der Waals surface area (Å²) in [5.41, 5.74) is 10.0. The summed E-state index contributed by atoms with van der Waals surface area (Å²) in [7, 11) is 0. The van der Waals surface area contributed by atoms with Crippen LogP contribution in [0.1, 0.15) is 23.2 Å². The molecule has 1 aliphatic rings. The molecule has 21 heavy (non-hydrogen) atoms. The van der Waals surface area contributed by atoms with E-state index in [0.29, 0.717) is 5.92 Å². The van der Waals surface area contributed by atoms with E-state index >= 15 is 0 Å². The van der Waals surface area contributed by atoms with E-state index in [1.807, 2.05) is 30.6 Å². The fourth-order valence-electron chi connectivity index (χ4n) is 3.07. The van der Waals surface area contributed by atoms with Gasteiger partial charge in [-0.1, -0.05) is 24.3 Å². The number of fused-ring (bicyclic) bond motifs is 1. The molecule has 1 aromatic carbocycles. The van der Waals surface area contributed by atoms with Crippen LogP contribution in [0.15, 0.2) is 60.9 Å². The van der Waals surface area contributed by atoms with Crippen LogP contribution in [0.3, 0.4) is 0 Å². The molecular formula is C17H16N4. The highest BCUT2D eigenvalue weighted by Gasteiger charge is 2.31.